The number of hydrogen-bond donors (Lipinski definition) is 0. The van der Waals surface area contributed by atoms with Crippen LogP contribution < -0.4 is 15.7 Å². The van der Waals surface area contributed by atoms with E-state index in [4.69, 9.17) is 9.40 Å². The molecule has 0 unspecified atom stereocenters. The number of nitrogens with zero attached hydrogens (tertiary/aromatic N) is 3. The Bertz CT molecular complexity index is 4090. The largest absolute Gasteiger partial charge is 0.456 e. The highest BCUT2D eigenvalue weighted by Gasteiger charge is 2.50. The van der Waals surface area contributed by atoms with E-state index in [1.807, 2.05) is 0 Å². The molecule has 1 aliphatic carbocycles. The molecule has 0 N–H and O–H groups in total. The number of aromatic nitrogens is 2. The van der Waals surface area contributed by atoms with Crippen molar-refractivity contribution in [3.05, 3.63) is 167 Å². The molecule has 0 radical (unpaired) electrons. The quantitative estimate of drug-likeness (QED) is 0.162. The maximum Gasteiger partial charge on any atom is 0.333 e. The third-order valence-electron chi connectivity index (χ3n) is 16.2. The van der Waals surface area contributed by atoms with Crippen LogP contribution in [0.1, 0.15) is 104 Å². The average molecular weight is 926 g/mol. The number of benzene rings is 8. The summed E-state index contributed by atoms with van der Waals surface area (Å²) in [5.41, 5.74) is 24.3. The third kappa shape index (κ3) is 5.63. The van der Waals surface area contributed by atoms with E-state index < -0.39 is 0 Å². The number of furan rings is 1. The molecule has 0 saturated carbocycles. The molecule has 3 aromatic heterocycles. The summed E-state index contributed by atoms with van der Waals surface area (Å²) in [5, 5.41) is 6.00. The molecule has 4 nitrogen and oxygen atoms in total. The van der Waals surface area contributed by atoms with Crippen LogP contribution in [0.25, 0.3) is 92.5 Å². The number of thiazole rings is 1. The molecule has 70 heavy (non-hydrogen) atoms. The number of rotatable bonds is 2. The van der Waals surface area contributed by atoms with Crippen LogP contribution in [0.3, 0.4) is 0 Å². The second-order valence-electron chi connectivity index (χ2n) is 24.0. The summed E-state index contributed by atoms with van der Waals surface area (Å²) in [4.78, 5) is 8.13. The predicted octanol–water partition coefficient (Wildman–Crippen LogP) is 16.4. The topological polar surface area (TPSA) is 34.2 Å². The van der Waals surface area contributed by atoms with Crippen LogP contribution in [0.2, 0.25) is 0 Å². The molecule has 8 aromatic carbocycles. The highest BCUT2D eigenvalue weighted by atomic mass is 32.1. The van der Waals surface area contributed by atoms with Crippen LogP contribution in [-0.4, -0.2) is 16.4 Å². The van der Waals surface area contributed by atoms with Crippen molar-refractivity contribution in [2.75, 3.05) is 4.81 Å². The van der Waals surface area contributed by atoms with Gasteiger partial charge in [-0.3, -0.25) is 0 Å². The zero-order valence-electron chi connectivity index (χ0n) is 42.0. The summed E-state index contributed by atoms with van der Waals surface area (Å²) < 4.78 is 10.9. The lowest BCUT2D eigenvalue weighted by molar-refractivity contribution is 0.587. The van der Waals surface area contributed by atoms with Crippen molar-refractivity contribution in [3.63, 3.8) is 0 Å². The Hall–Kier alpha value is -6.89. The first-order valence-corrected chi connectivity index (χ1v) is 25.9. The number of hydrogen-bond acceptors (Lipinski definition) is 4. The summed E-state index contributed by atoms with van der Waals surface area (Å²) in [7, 11) is 0. The summed E-state index contributed by atoms with van der Waals surface area (Å²) >= 11 is 1.79. The monoisotopic (exact) mass is 925 g/mol. The molecule has 0 amide bonds. The van der Waals surface area contributed by atoms with Gasteiger partial charge in [-0.1, -0.05) is 161 Å². The molecule has 5 heterocycles. The molecule has 0 atom stereocenters. The Balaban J connectivity index is 1.20. The molecular formula is C64H56BN3OS. The van der Waals surface area contributed by atoms with Gasteiger partial charge in [0.1, 0.15) is 16.2 Å². The minimum absolute atomic E-state index is 0.00258. The highest BCUT2D eigenvalue weighted by molar-refractivity contribution is 7.21. The number of anilines is 2. The van der Waals surface area contributed by atoms with Crippen LogP contribution in [0.5, 0.6) is 0 Å². The zero-order valence-corrected chi connectivity index (χ0v) is 42.8. The van der Waals surface area contributed by atoms with Crippen LogP contribution in [0.15, 0.2) is 144 Å². The van der Waals surface area contributed by atoms with Crippen molar-refractivity contribution < 1.29 is 4.42 Å². The molecule has 0 fully saturated rings. The summed E-state index contributed by atoms with van der Waals surface area (Å²) in [6, 6.07) is 53.3. The second-order valence-corrected chi connectivity index (χ2v) is 25.0. The van der Waals surface area contributed by atoms with E-state index in [2.05, 4.69) is 225 Å². The first-order chi connectivity index (χ1) is 33.4. The highest BCUT2D eigenvalue weighted by Crippen LogP contribution is 2.59. The Labute approximate surface area is 414 Å². The average Bonchev–Trinajstić information content (AvgIpc) is 4.07. The van der Waals surface area contributed by atoms with Gasteiger partial charge in [0, 0.05) is 55.1 Å². The van der Waals surface area contributed by atoms with E-state index in [0.717, 1.165) is 43.7 Å². The Kier molecular flexibility index (Phi) is 8.23. The van der Waals surface area contributed by atoms with Gasteiger partial charge >= 0.3 is 6.85 Å². The van der Waals surface area contributed by atoms with Gasteiger partial charge in [-0.15, -0.1) is 11.3 Å². The molecule has 0 bridgehead atoms. The molecule has 342 valence electrons. The molecule has 2 aliphatic heterocycles. The second kappa shape index (κ2) is 13.7. The smallest absolute Gasteiger partial charge is 0.333 e. The molecule has 14 rings (SSSR count). The van der Waals surface area contributed by atoms with E-state index >= 15 is 0 Å². The Morgan fingerprint density at radius 2 is 1.26 bits per heavy atom. The summed E-state index contributed by atoms with van der Waals surface area (Å²) in [5.74, 6) is 0. The zero-order chi connectivity index (χ0) is 48.1. The van der Waals surface area contributed by atoms with Crippen molar-refractivity contribution in [2.24, 2.45) is 0 Å². The van der Waals surface area contributed by atoms with Crippen molar-refractivity contribution in [1.82, 2.24) is 9.55 Å². The van der Waals surface area contributed by atoms with E-state index in [-0.39, 0.29) is 28.5 Å². The van der Waals surface area contributed by atoms with Crippen LogP contribution in [0.4, 0.5) is 11.4 Å². The van der Waals surface area contributed by atoms with Gasteiger partial charge in [0.2, 0.25) is 0 Å². The lowest BCUT2D eigenvalue weighted by atomic mass is 9.43. The summed E-state index contributed by atoms with van der Waals surface area (Å²) in [6.07, 6.45) is 0. The fourth-order valence-electron chi connectivity index (χ4n) is 12.6. The standard InChI is InChI=1S/C64H56BN3OS/c1-61(2,3)36-21-25-39(26-22-36)68-49-31-42-40-27-23-38(63(7,8)9)30-51(40)69-52(42)32-44(49)55-54-41-19-15-16-20-45(41)64(10,11)57(54)56-43-29-37(62(4,5)6)24-28-48(43)67-50-34-53-47(33-46(50)65(68)58(55)59(56)67)66-60(70-53)35-17-13-12-14-18-35/h12-34H,1-11H3. The molecule has 0 saturated heterocycles. The van der Waals surface area contributed by atoms with Gasteiger partial charge in [0.05, 0.1) is 21.3 Å². The molecule has 3 aliphatic rings. The van der Waals surface area contributed by atoms with Gasteiger partial charge < -0.3 is 13.8 Å². The van der Waals surface area contributed by atoms with Crippen LogP contribution in [-0.2, 0) is 21.7 Å². The SMILES string of the molecule is CC(C)(C)c1ccc(N2B3c4cc5nc(-c6ccccc6)sc5cc4-n4c5ccc(C(C)(C)C)cc5c5c6c(c(c3c54)-c3cc4oc5cc(C(C)(C)C)ccc5c4cc32)-c2ccccc2C6(C)C)cc1. The maximum absolute atomic E-state index is 7.05. The predicted molar refractivity (Wildman–Crippen MR) is 299 cm³/mol. The Morgan fingerprint density at radius 1 is 0.586 bits per heavy atom. The molecule has 0 spiro atoms. The van der Waals surface area contributed by atoms with Gasteiger partial charge in [-0.05, 0) is 126 Å². The fourth-order valence-corrected chi connectivity index (χ4v) is 13.6. The van der Waals surface area contributed by atoms with Crippen LogP contribution >= 0.6 is 11.3 Å². The molecular weight excluding hydrogens is 870 g/mol. The van der Waals surface area contributed by atoms with Crippen molar-refractivity contribution in [3.8, 4) is 38.5 Å². The van der Waals surface area contributed by atoms with Crippen molar-refractivity contribution in [2.45, 2.75) is 97.8 Å². The lowest BCUT2D eigenvalue weighted by Gasteiger charge is -2.43. The Morgan fingerprint density at radius 3 is 2.00 bits per heavy atom. The van der Waals surface area contributed by atoms with Crippen molar-refractivity contribution in [1.29, 1.82) is 0 Å². The first-order valence-electron chi connectivity index (χ1n) is 25.1. The molecule has 11 aromatic rings. The van der Waals surface area contributed by atoms with E-state index in [0.29, 0.717) is 0 Å². The van der Waals surface area contributed by atoms with Gasteiger partial charge in [0.15, 0.2) is 0 Å². The van der Waals surface area contributed by atoms with E-state index in [9.17, 15) is 0 Å². The van der Waals surface area contributed by atoms with Gasteiger partial charge in [-0.2, -0.15) is 0 Å². The minimum atomic E-state index is -0.285. The van der Waals surface area contributed by atoms with Gasteiger partial charge in [0.25, 0.3) is 0 Å². The first kappa shape index (κ1) is 42.0. The minimum Gasteiger partial charge on any atom is -0.456 e. The van der Waals surface area contributed by atoms with Crippen LogP contribution in [0, 0.1) is 0 Å². The van der Waals surface area contributed by atoms with E-state index in [1.54, 1.807) is 11.3 Å². The van der Waals surface area contributed by atoms with Gasteiger partial charge in [-0.25, -0.2) is 4.98 Å². The van der Waals surface area contributed by atoms with Crippen molar-refractivity contribution >= 4 is 94.4 Å². The maximum atomic E-state index is 7.05. The normalized spacial score (nSPS) is 14.8. The third-order valence-corrected chi connectivity index (χ3v) is 17.3. The van der Waals surface area contributed by atoms with E-state index in [1.165, 1.54) is 98.9 Å². The number of fused-ring (bicyclic) bond motifs is 17. The lowest BCUT2D eigenvalue weighted by Crippen LogP contribution is -2.60. The summed E-state index contributed by atoms with van der Waals surface area (Å²) in [6.45, 7) is 25.5. The fraction of sp³-hybridized carbons (Fsp3) is 0.234. The molecule has 6 heteroatoms.